The fourth-order valence-electron chi connectivity index (χ4n) is 2.02. The summed E-state index contributed by atoms with van der Waals surface area (Å²) in [7, 11) is 0. The normalized spacial score (nSPS) is 17.2. The first-order valence-corrected chi connectivity index (χ1v) is 5.86. The molecule has 0 aliphatic carbocycles. The highest BCUT2D eigenvalue weighted by atomic mass is 16.5. The predicted octanol–water partition coefficient (Wildman–Crippen LogP) is 2.02. The maximum Gasteiger partial charge on any atom is 0.230 e. The second-order valence-corrected chi connectivity index (χ2v) is 4.16. The van der Waals surface area contributed by atoms with Crippen molar-refractivity contribution in [2.75, 3.05) is 13.1 Å². The molecular formula is C13H14N3O. The molecule has 1 atom stereocenters. The molecule has 87 valence electrons. The molecule has 1 fully saturated rings. The number of benzene rings is 1. The fraction of sp³-hybridized carbons (Fsp3) is 0.308. The molecule has 0 spiro atoms. The van der Waals surface area contributed by atoms with E-state index in [1.165, 1.54) is 0 Å². The molecule has 1 aromatic heterocycles. The Morgan fingerprint density at radius 1 is 1.24 bits per heavy atom. The second-order valence-electron chi connectivity index (χ2n) is 4.16. The van der Waals surface area contributed by atoms with Crippen LogP contribution in [0.15, 0.2) is 34.9 Å². The lowest BCUT2D eigenvalue weighted by molar-refractivity contribution is 0.347. The van der Waals surface area contributed by atoms with Crippen molar-refractivity contribution in [1.29, 1.82) is 0 Å². The van der Waals surface area contributed by atoms with Crippen molar-refractivity contribution in [2.24, 2.45) is 0 Å². The Balaban J connectivity index is 1.83. The first-order valence-electron chi connectivity index (χ1n) is 5.86. The van der Waals surface area contributed by atoms with E-state index in [4.69, 9.17) is 4.52 Å². The summed E-state index contributed by atoms with van der Waals surface area (Å²) in [5.41, 5.74) is 0.997. The van der Waals surface area contributed by atoms with Gasteiger partial charge in [0.15, 0.2) is 0 Å². The summed E-state index contributed by atoms with van der Waals surface area (Å²) in [6.07, 6.45) is 3.21. The van der Waals surface area contributed by atoms with Crippen molar-refractivity contribution in [3.8, 4) is 11.4 Å². The summed E-state index contributed by atoms with van der Waals surface area (Å²) in [6, 6.07) is 9.90. The molecular weight excluding hydrogens is 214 g/mol. The molecule has 1 aliphatic rings. The average molecular weight is 228 g/mol. The van der Waals surface area contributed by atoms with Crippen molar-refractivity contribution < 1.29 is 4.52 Å². The van der Waals surface area contributed by atoms with Gasteiger partial charge in [-0.1, -0.05) is 35.5 Å². The molecule has 1 aliphatic heterocycles. The van der Waals surface area contributed by atoms with Gasteiger partial charge in [0, 0.05) is 11.5 Å². The third-order valence-electron chi connectivity index (χ3n) is 2.97. The molecule has 0 amide bonds. The van der Waals surface area contributed by atoms with Crippen LogP contribution in [0.1, 0.15) is 18.2 Å². The molecule has 4 nitrogen and oxygen atoms in total. The lowest BCUT2D eigenvalue weighted by Gasteiger charge is -2.18. The van der Waals surface area contributed by atoms with Gasteiger partial charge in [-0.15, -0.1) is 0 Å². The minimum Gasteiger partial charge on any atom is -0.339 e. The van der Waals surface area contributed by atoms with Gasteiger partial charge in [-0.05, 0) is 25.9 Å². The maximum atomic E-state index is 5.34. The molecule has 1 radical (unpaired) electrons. The van der Waals surface area contributed by atoms with E-state index in [0.717, 1.165) is 31.0 Å². The predicted molar refractivity (Wildman–Crippen MR) is 64.3 cm³/mol. The van der Waals surface area contributed by atoms with Crippen LogP contribution >= 0.6 is 0 Å². The van der Waals surface area contributed by atoms with Crippen molar-refractivity contribution >= 4 is 0 Å². The Labute approximate surface area is 100 Å². The topological polar surface area (TPSA) is 51.0 Å². The van der Waals surface area contributed by atoms with Crippen LogP contribution in [-0.4, -0.2) is 23.2 Å². The Hall–Kier alpha value is -1.68. The summed E-state index contributed by atoms with van der Waals surface area (Å²) in [5.74, 6) is 1.69. The van der Waals surface area contributed by atoms with E-state index in [9.17, 15) is 0 Å². The number of nitrogens with zero attached hydrogens (tertiary/aromatic N) is 2. The van der Waals surface area contributed by atoms with E-state index in [0.29, 0.717) is 11.7 Å². The summed E-state index contributed by atoms with van der Waals surface area (Å²) >= 11 is 0. The highest BCUT2D eigenvalue weighted by Gasteiger charge is 2.21. The van der Waals surface area contributed by atoms with Crippen molar-refractivity contribution in [3.63, 3.8) is 0 Å². The number of hydrogen-bond donors (Lipinski definition) is 1. The standard InChI is InChI=1S/C13H14N3O/c1-2-4-10(5-3-1)12-15-13(17-16-12)11-6-8-14-9-7-11/h1-6,11,14H,7-9H2. The Morgan fingerprint density at radius 3 is 2.88 bits per heavy atom. The molecule has 1 saturated heterocycles. The van der Waals surface area contributed by atoms with Crippen molar-refractivity contribution in [2.45, 2.75) is 12.3 Å². The SMILES string of the molecule is [CH]1CNCCC1c1nc(-c2ccccc2)no1. The largest absolute Gasteiger partial charge is 0.339 e. The van der Waals surface area contributed by atoms with Gasteiger partial charge >= 0.3 is 0 Å². The van der Waals surface area contributed by atoms with Crippen molar-refractivity contribution in [1.82, 2.24) is 15.5 Å². The zero-order valence-corrected chi connectivity index (χ0v) is 9.47. The quantitative estimate of drug-likeness (QED) is 0.854. The second kappa shape index (κ2) is 4.67. The highest BCUT2D eigenvalue weighted by Crippen LogP contribution is 2.25. The van der Waals surface area contributed by atoms with Gasteiger partial charge in [0.1, 0.15) is 0 Å². The summed E-state index contributed by atoms with van der Waals surface area (Å²) in [5, 5.41) is 7.31. The fourth-order valence-corrected chi connectivity index (χ4v) is 2.02. The first-order chi connectivity index (χ1) is 8.43. The van der Waals surface area contributed by atoms with Crippen LogP contribution < -0.4 is 5.32 Å². The zero-order valence-electron chi connectivity index (χ0n) is 9.47. The molecule has 17 heavy (non-hydrogen) atoms. The lowest BCUT2D eigenvalue weighted by Crippen LogP contribution is -2.27. The number of rotatable bonds is 2. The van der Waals surface area contributed by atoms with Gasteiger partial charge in [-0.3, -0.25) is 0 Å². The van der Waals surface area contributed by atoms with Crippen molar-refractivity contribution in [3.05, 3.63) is 42.6 Å². The van der Waals surface area contributed by atoms with Crippen LogP contribution in [0.3, 0.4) is 0 Å². The average Bonchev–Trinajstić information content (AvgIpc) is 2.90. The van der Waals surface area contributed by atoms with Crippen LogP contribution in [0, 0.1) is 6.42 Å². The van der Waals surface area contributed by atoms with Crippen LogP contribution in [-0.2, 0) is 0 Å². The lowest BCUT2D eigenvalue weighted by atomic mass is 9.98. The van der Waals surface area contributed by atoms with Gasteiger partial charge < -0.3 is 9.84 Å². The molecule has 2 aromatic rings. The van der Waals surface area contributed by atoms with Gasteiger partial charge in [-0.2, -0.15) is 4.98 Å². The monoisotopic (exact) mass is 228 g/mol. The molecule has 2 heterocycles. The molecule has 1 unspecified atom stereocenters. The smallest absolute Gasteiger partial charge is 0.230 e. The maximum absolute atomic E-state index is 5.34. The Bertz CT molecular complexity index is 474. The van der Waals surface area contributed by atoms with E-state index in [-0.39, 0.29) is 0 Å². The van der Waals surface area contributed by atoms with Gasteiger partial charge in [0.2, 0.25) is 11.7 Å². The van der Waals surface area contributed by atoms with E-state index >= 15 is 0 Å². The van der Waals surface area contributed by atoms with Gasteiger partial charge in [0.05, 0.1) is 0 Å². The molecule has 3 rings (SSSR count). The van der Waals surface area contributed by atoms with Crippen LogP contribution in [0.2, 0.25) is 0 Å². The summed E-state index contributed by atoms with van der Waals surface area (Å²) in [4.78, 5) is 4.47. The van der Waals surface area contributed by atoms with E-state index in [2.05, 4.69) is 21.9 Å². The Kier molecular flexibility index (Phi) is 2.88. The van der Waals surface area contributed by atoms with Crippen LogP contribution in [0.4, 0.5) is 0 Å². The number of aromatic nitrogens is 2. The molecule has 0 bridgehead atoms. The molecule has 1 N–H and O–H groups in total. The third kappa shape index (κ3) is 2.22. The van der Waals surface area contributed by atoms with E-state index in [1.807, 2.05) is 30.3 Å². The van der Waals surface area contributed by atoms with Crippen LogP contribution in [0.5, 0.6) is 0 Å². The highest BCUT2D eigenvalue weighted by molar-refractivity contribution is 5.53. The van der Waals surface area contributed by atoms with Gasteiger partial charge in [-0.25, -0.2) is 0 Å². The van der Waals surface area contributed by atoms with Crippen LogP contribution in [0.25, 0.3) is 11.4 Å². The number of nitrogens with one attached hydrogen (secondary N) is 1. The molecule has 4 heteroatoms. The summed E-state index contributed by atoms with van der Waals surface area (Å²) < 4.78 is 5.34. The van der Waals surface area contributed by atoms with E-state index in [1.54, 1.807) is 0 Å². The first kappa shape index (κ1) is 10.5. The minimum absolute atomic E-state index is 0.293. The Morgan fingerprint density at radius 2 is 2.12 bits per heavy atom. The molecule has 0 saturated carbocycles. The van der Waals surface area contributed by atoms with Gasteiger partial charge in [0.25, 0.3) is 0 Å². The zero-order chi connectivity index (χ0) is 11.5. The van der Waals surface area contributed by atoms with E-state index < -0.39 is 0 Å². The minimum atomic E-state index is 0.293. The summed E-state index contributed by atoms with van der Waals surface area (Å²) in [6.45, 7) is 1.91. The number of piperidine rings is 1. The molecule has 1 aromatic carbocycles. The number of hydrogen-bond acceptors (Lipinski definition) is 4. The third-order valence-corrected chi connectivity index (χ3v) is 2.97.